The van der Waals surface area contributed by atoms with Gasteiger partial charge in [-0.2, -0.15) is 0 Å². The van der Waals surface area contributed by atoms with E-state index in [0.717, 1.165) is 60.9 Å². The smallest absolute Gasteiger partial charge is 0.197 e. The molecule has 1 N–H and O–H groups in total. The van der Waals surface area contributed by atoms with E-state index in [9.17, 15) is 4.21 Å². The predicted octanol–water partition coefficient (Wildman–Crippen LogP) is 2.33. The number of imidazole rings is 1. The van der Waals surface area contributed by atoms with Gasteiger partial charge in [0.05, 0.1) is 35.0 Å². The van der Waals surface area contributed by atoms with Crippen molar-refractivity contribution in [1.82, 2.24) is 19.9 Å². The number of H-pyrrole nitrogens is 1. The molecule has 3 aromatic rings. The highest BCUT2D eigenvalue weighted by molar-refractivity contribution is 7.84. The number of rotatable bonds is 8. The molecule has 154 valence electrons. The highest BCUT2D eigenvalue weighted by atomic mass is 32.2. The molecule has 4 rings (SSSR count). The molecule has 1 fully saturated rings. The molecule has 0 saturated carbocycles. The zero-order valence-electron chi connectivity index (χ0n) is 16.6. The minimum absolute atomic E-state index is 0.463. The fourth-order valence-corrected chi connectivity index (χ4v) is 4.40. The minimum Gasteiger partial charge on any atom is -0.492 e. The molecule has 0 amide bonds. The van der Waals surface area contributed by atoms with Crippen molar-refractivity contribution in [2.45, 2.75) is 18.5 Å². The second-order valence-corrected chi connectivity index (χ2v) is 8.53. The number of ether oxygens (including phenoxy) is 2. The summed E-state index contributed by atoms with van der Waals surface area (Å²) in [4.78, 5) is 14.4. The summed E-state index contributed by atoms with van der Waals surface area (Å²) >= 11 is 0. The predicted molar refractivity (Wildman–Crippen MR) is 113 cm³/mol. The van der Waals surface area contributed by atoms with Gasteiger partial charge in [0, 0.05) is 49.3 Å². The monoisotopic (exact) mass is 414 g/mol. The van der Waals surface area contributed by atoms with Gasteiger partial charge in [0.25, 0.3) is 0 Å². The first kappa shape index (κ1) is 20.0. The molecule has 8 heteroatoms. The summed E-state index contributed by atoms with van der Waals surface area (Å²) in [7, 11) is -1.21. The molecular formula is C21H26N4O3S. The maximum Gasteiger partial charge on any atom is 0.197 e. The van der Waals surface area contributed by atoms with Crippen LogP contribution in [0, 0.1) is 6.92 Å². The first-order valence-electron chi connectivity index (χ1n) is 9.91. The number of hydrogen-bond acceptors (Lipinski definition) is 6. The molecule has 3 heterocycles. The second-order valence-electron chi connectivity index (χ2n) is 7.04. The molecule has 0 bridgehead atoms. The number of aromatic nitrogens is 3. The van der Waals surface area contributed by atoms with Gasteiger partial charge in [-0.15, -0.1) is 0 Å². The minimum atomic E-state index is -1.21. The molecular weight excluding hydrogens is 388 g/mol. The van der Waals surface area contributed by atoms with Crippen LogP contribution in [0.4, 0.5) is 0 Å². The van der Waals surface area contributed by atoms with Gasteiger partial charge < -0.3 is 14.5 Å². The maximum atomic E-state index is 12.7. The number of nitrogens with zero attached hydrogens (tertiary/aromatic N) is 3. The van der Waals surface area contributed by atoms with Gasteiger partial charge in [-0.05, 0) is 25.1 Å². The van der Waals surface area contributed by atoms with E-state index >= 15 is 0 Å². The van der Waals surface area contributed by atoms with E-state index in [4.69, 9.17) is 9.47 Å². The Balaban J connectivity index is 1.33. The van der Waals surface area contributed by atoms with Crippen molar-refractivity contribution in [3.05, 3.63) is 47.8 Å². The van der Waals surface area contributed by atoms with Crippen molar-refractivity contribution >= 4 is 21.8 Å². The molecule has 1 aliphatic rings. The van der Waals surface area contributed by atoms with Crippen LogP contribution in [0.3, 0.4) is 0 Å². The van der Waals surface area contributed by atoms with E-state index in [1.807, 2.05) is 37.3 Å². The zero-order valence-corrected chi connectivity index (χ0v) is 17.4. The third kappa shape index (κ3) is 5.01. The average Bonchev–Trinajstić information content (AvgIpc) is 3.19. The quantitative estimate of drug-likeness (QED) is 0.609. The molecule has 0 spiro atoms. The second kappa shape index (κ2) is 9.47. The third-order valence-corrected chi connectivity index (χ3v) is 6.33. The SMILES string of the molecule is Cc1c(OCCN2CCOCC2)ccnc1CCS(=O)c1nc2ccccc2[nH]1. The highest BCUT2D eigenvalue weighted by Gasteiger charge is 2.14. The Morgan fingerprint density at radius 3 is 2.90 bits per heavy atom. The summed E-state index contributed by atoms with van der Waals surface area (Å²) in [6.07, 6.45) is 2.37. The molecule has 1 aromatic carbocycles. The molecule has 1 saturated heterocycles. The van der Waals surface area contributed by atoms with Gasteiger partial charge in [0.2, 0.25) is 0 Å². The Bertz CT molecular complexity index is 952. The van der Waals surface area contributed by atoms with Crippen LogP contribution in [-0.2, 0) is 22.0 Å². The van der Waals surface area contributed by atoms with Crippen LogP contribution in [-0.4, -0.2) is 69.3 Å². The molecule has 29 heavy (non-hydrogen) atoms. The molecule has 1 atom stereocenters. The molecule has 1 unspecified atom stereocenters. The van der Waals surface area contributed by atoms with Crippen LogP contribution in [0.25, 0.3) is 11.0 Å². The van der Waals surface area contributed by atoms with E-state index in [2.05, 4.69) is 19.9 Å². The van der Waals surface area contributed by atoms with Crippen molar-refractivity contribution in [1.29, 1.82) is 0 Å². The van der Waals surface area contributed by atoms with Crippen molar-refractivity contribution in [2.24, 2.45) is 0 Å². The van der Waals surface area contributed by atoms with Crippen LogP contribution in [0.15, 0.2) is 41.7 Å². The van der Waals surface area contributed by atoms with Gasteiger partial charge in [-0.1, -0.05) is 12.1 Å². The van der Waals surface area contributed by atoms with Crippen molar-refractivity contribution in [2.75, 3.05) is 45.2 Å². The van der Waals surface area contributed by atoms with E-state index < -0.39 is 10.8 Å². The molecule has 2 aromatic heterocycles. The van der Waals surface area contributed by atoms with Crippen molar-refractivity contribution in [3.8, 4) is 5.75 Å². The Labute approximate surface area is 172 Å². The Kier molecular flexibility index (Phi) is 6.53. The average molecular weight is 415 g/mol. The van der Waals surface area contributed by atoms with Crippen LogP contribution < -0.4 is 4.74 Å². The lowest BCUT2D eigenvalue weighted by atomic mass is 10.1. The standard InChI is InChI=1S/C21H26N4O3S/c1-16-17(7-15-29(26)21-23-18-4-2-3-5-19(18)24-21)22-8-6-20(16)28-14-11-25-9-12-27-13-10-25/h2-6,8H,7,9-15H2,1H3,(H,23,24). The third-order valence-electron chi connectivity index (χ3n) is 5.14. The number of morpholine rings is 1. The van der Waals surface area contributed by atoms with Gasteiger partial charge in [0.1, 0.15) is 12.4 Å². The number of nitrogens with one attached hydrogen (secondary N) is 1. The molecule has 1 aliphatic heterocycles. The highest BCUT2D eigenvalue weighted by Crippen LogP contribution is 2.21. The number of aromatic amines is 1. The fraction of sp³-hybridized carbons (Fsp3) is 0.429. The number of fused-ring (bicyclic) bond motifs is 1. The summed E-state index contributed by atoms with van der Waals surface area (Å²) < 4.78 is 24.0. The molecule has 0 aliphatic carbocycles. The topological polar surface area (TPSA) is 80.3 Å². The van der Waals surface area contributed by atoms with Crippen LogP contribution in [0.5, 0.6) is 5.75 Å². The molecule has 7 nitrogen and oxygen atoms in total. The zero-order chi connectivity index (χ0) is 20.1. The number of benzene rings is 1. The van der Waals surface area contributed by atoms with Gasteiger partial charge in [-0.3, -0.25) is 14.1 Å². The van der Waals surface area contributed by atoms with Crippen LogP contribution in [0.2, 0.25) is 0 Å². The van der Waals surface area contributed by atoms with Gasteiger partial charge in [-0.25, -0.2) is 4.98 Å². The number of aryl methyl sites for hydroxylation is 1. The van der Waals surface area contributed by atoms with E-state index in [1.54, 1.807) is 6.20 Å². The number of pyridine rings is 1. The lowest BCUT2D eigenvalue weighted by Crippen LogP contribution is -2.38. The van der Waals surface area contributed by atoms with Crippen molar-refractivity contribution in [3.63, 3.8) is 0 Å². The Morgan fingerprint density at radius 2 is 2.07 bits per heavy atom. The largest absolute Gasteiger partial charge is 0.492 e. The lowest BCUT2D eigenvalue weighted by Gasteiger charge is -2.26. The van der Waals surface area contributed by atoms with E-state index in [1.165, 1.54) is 0 Å². The number of hydrogen-bond donors (Lipinski definition) is 1. The number of para-hydroxylation sites is 2. The Morgan fingerprint density at radius 1 is 1.24 bits per heavy atom. The maximum absolute atomic E-state index is 12.7. The lowest BCUT2D eigenvalue weighted by molar-refractivity contribution is 0.0322. The first-order chi connectivity index (χ1) is 14.2. The normalized spacial score (nSPS) is 16.2. The van der Waals surface area contributed by atoms with Crippen molar-refractivity contribution < 1.29 is 13.7 Å². The molecule has 0 radical (unpaired) electrons. The van der Waals surface area contributed by atoms with Crippen LogP contribution in [0.1, 0.15) is 11.3 Å². The Hall–Kier alpha value is -2.29. The summed E-state index contributed by atoms with van der Waals surface area (Å²) in [5.74, 6) is 1.31. The van der Waals surface area contributed by atoms with E-state index in [-0.39, 0.29) is 0 Å². The summed E-state index contributed by atoms with van der Waals surface area (Å²) in [6, 6.07) is 9.61. The summed E-state index contributed by atoms with van der Waals surface area (Å²) in [5, 5.41) is 0.516. The van der Waals surface area contributed by atoms with Gasteiger partial charge >= 0.3 is 0 Å². The van der Waals surface area contributed by atoms with Gasteiger partial charge in [0.15, 0.2) is 5.16 Å². The summed E-state index contributed by atoms with van der Waals surface area (Å²) in [6.45, 7) is 7.03. The van der Waals surface area contributed by atoms with Crippen LogP contribution >= 0.6 is 0 Å². The first-order valence-corrected chi connectivity index (χ1v) is 11.2. The summed E-state index contributed by atoms with van der Waals surface area (Å²) in [5.41, 5.74) is 3.66. The van der Waals surface area contributed by atoms with E-state index in [0.29, 0.717) is 23.9 Å². The fourth-order valence-electron chi connectivity index (χ4n) is 3.40.